The highest BCUT2D eigenvalue weighted by Crippen LogP contribution is 2.19. The molecular weight excluding hydrogens is 326 g/mol. The van der Waals surface area contributed by atoms with Crippen LogP contribution in [0.4, 0.5) is 0 Å². The van der Waals surface area contributed by atoms with E-state index in [0.717, 1.165) is 19.6 Å². The van der Waals surface area contributed by atoms with Crippen LogP contribution in [0.5, 0.6) is 5.75 Å². The van der Waals surface area contributed by atoms with Crippen molar-refractivity contribution in [3.05, 3.63) is 48.3 Å². The lowest BCUT2D eigenvalue weighted by molar-refractivity contribution is -0.917. The Bertz CT molecular complexity index is 776. The molecule has 6 nitrogen and oxygen atoms in total. The van der Waals surface area contributed by atoms with E-state index in [2.05, 4.69) is 10.6 Å². The van der Waals surface area contributed by atoms with Crippen LogP contribution in [0, 0.1) is 0 Å². The highest BCUT2D eigenvalue weighted by atomic mass is 32.2. The summed E-state index contributed by atoms with van der Waals surface area (Å²) in [5.74, 6) is 0.658. The summed E-state index contributed by atoms with van der Waals surface area (Å²) >= 11 is 0. The maximum atomic E-state index is 12.7. The lowest BCUT2D eigenvalue weighted by atomic mass is 10.3. The van der Waals surface area contributed by atoms with Gasteiger partial charge < -0.3 is 14.2 Å². The van der Waals surface area contributed by atoms with Crippen molar-refractivity contribution in [1.82, 2.24) is 8.87 Å². The molecule has 0 radical (unpaired) electrons. The molecule has 3 rings (SSSR count). The quantitative estimate of drug-likeness (QED) is 0.834. The van der Waals surface area contributed by atoms with Gasteiger partial charge in [0.2, 0.25) is 10.0 Å². The Labute approximate surface area is 143 Å². The zero-order valence-electron chi connectivity index (χ0n) is 14.1. The molecular formula is C17H24N3O3S+. The molecule has 24 heavy (non-hydrogen) atoms. The van der Waals surface area contributed by atoms with Gasteiger partial charge in [-0.25, -0.2) is 8.42 Å². The number of aromatic nitrogens is 1. The smallest absolute Gasteiger partial charge is 0.243 e. The van der Waals surface area contributed by atoms with Crippen molar-refractivity contribution < 1.29 is 18.1 Å². The molecule has 1 aromatic carbocycles. The van der Waals surface area contributed by atoms with Gasteiger partial charge in [-0.05, 0) is 36.4 Å². The van der Waals surface area contributed by atoms with E-state index in [9.17, 15) is 8.42 Å². The highest BCUT2D eigenvalue weighted by Gasteiger charge is 2.30. The second-order valence-corrected chi connectivity index (χ2v) is 8.05. The first-order valence-corrected chi connectivity index (χ1v) is 9.52. The number of benzene rings is 1. The fraction of sp³-hybridized carbons (Fsp3) is 0.412. The maximum Gasteiger partial charge on any atom is 0.243 e. The molecule has 0 amide bonds. The molecule has 0 saturated carbocycles. The summed E-state index contributed by atoms with van der Waals surface area (Å²) in [4.78, 5) is 1.74. The zero-order valence-corrected chi connectivity index (χ0v) is 14.9. The van der Waals surface area contributed by atoms with E-state index in [1.165, 1.54) is 10.6 Å². The van der Waals surface area contributed by atoms with Crippen LogP contribution < -0.4 is 9.64 Å². The van der Waals surface area contributed by atoms with E-state index >= 15 is 0 Å². The topological polar surface area (TPSA) is 56.0 Å². The van der Waals surface area contributed by atoms with Crippen LogP contribution >= 0.6 is 0 Å². The van der Waals surface area contributed by atoms with Gasteiger partial charge in [0.05, 0.1) is 43.9 Å². The van der Waals surface area contributed by atoms with Gasteiger partial charge in [-0.2, -0.15) is 4.31 Å². The lowest BCUT2D eigenvalue weighted by Gasteiger charge is -2.31. The predicted molar refractivity (Wildman–Crippen MR) is 91.6 cm³/mol. The highest BCUT2D eigenvalue weighted by molar-refractivity contribution is 7.89. The van der Waals surface area contributed by atoms with Gasteiger partial charge in [-0.3, -0.25) is 0 Å². The molecule has 7 heteroatoms. The SMILES string of the molecule is COc1ccc(S(=O)(=O)N2CC[NH+](Cc3cccn3C)CC2)cc1. The van der Waals surface area contributed by atoms with Crippen molar-refractivity contribution in [2.24, 2.45) is 7.05 Å². The Morgan fingerprint density at radius 3 is 2.33 bits per heavy atom. The van der Waals surface area contributed by atoms with Crippen molar-refractivity contribution in [3.8, 4) is 5.75 Å². The molecule has 0 unspecified atom stereocenters. The summed E-state index contributed by atoms with van der Waals surface area (Å²) in [6.07, 6.45) is 2.04. The number of rotatable bonds is 5. The minimum absolute atomic E-state index is 0.328. The Morgan fingerprint density at radius 1 is 1.12 bits per heavy atom. The Kier molecular flexibility index (Phi) is 4.93. The van der Waals surface area contributed by atoms with E-state index < -0.39 is 10.0 Å². The monoisotopic (exact) mass is 350 g/mol. The zero-order chi connectivity index (χ0) is 17.2. The molecule has 1 aliphatic heterocycles. The van der Waals surface area contributed by atoms with Crippen LogP contribution in [0.3, 0.4) is 0 Å². The van der Waals surface area contributed by atoms with Gasteiger partial charge in [-0.15, -0.1) is 0 Å². The number of hydrogen-bond donors (Lipinski definition) is 1. The summed E-state index contributed by atoms with van der Waals surface area (Å²) in [5.41, 5.74) is 1.27. The van der Waals surface area contributed by atoms with Gasteiger partial charge in [0.25, 0.3) is 0 Å². The molecule has 2 heterocycles. The van der Waals surface area contributed by atoms with Crippen molar-refractivity contribution in [2.75, 3.05) is 33.3 Å². The summed E-state index contributed by atoms with van der Waals surface area (Å²) in [7, 11) is 0.187. The molecule has 1 aliphatic rings. The van der Waals surface area contributed by atoms with Crippen LogP contribution in [0.25, 0.3) is 0 Å². The van der Waals surface area contributed by atoms with Gasteiger partial charge >= 0.3 is 0 Å². The third kappa shape index (κ3) is 3.48. The molecule has 1 fully saturated rings. The first-order chi connectivity index (χ1) is 11.5. The molecule has 0 bridgehead atoms. The minimum atomic E-state index is -3.42. The summed E-state index contributed by atoms with van der Waals surface area (Å²) < 4.78 is 34.3. The number of aryl methyl sites for hydroxylation is 1. The van der Waals surface area contributed by atoms with E-state index in [0.29, 0.717) is 23.7 Å². The third-order valence-electron chi connectivity index (χ3n) is 4.61. The number of quaternary nitrogens is 1. The third-order valence-corrected chi connectivity index (χ3v) is 6.52. The van der Waals surface area contributed by atoms with Crippen molar-refractivity contribution in [2.45, 2.75) is 11.4 Å². The lowest BCUT2D eigenvalue weighted by Crippen LogP contribution is -3.13. The van der Waals surface area contributed by atoms with Crippen molar-refractivity contribution in [3.63, 3.8) is 0 Å². The normalized spacial score (nSPS) is 17.1. The first kappa shape index (κ1) is 17.0. The molecule has 0 aliphatic carbocycles. The molecule has 0 atom stereocenters. The van der Waals surface area contributed by atoms with Gasteiger partial charge in [0, 0.05) is 13.2 Å². The van der Waals surface area contributed by atoms with Crippen LogP contribution in [0.2, 0.25) is 0 Å². The summed E-state index contributed by atoms with van der Waals surface area (Å²) in [6, 6.07) is 10.7. The van der Waals surface area contributed by atoms with Gasteiger partial charge in [0.1, 0.15) is 12.3 Å². The van der Waals surface area contributed by atoms with Gasteiger partial charge in [0.15, 0.2) is 0 Å². The molecule has 2 aromatic rings. The molecule has 1 saturated heterocycles. The van der Waals surface area contributed by atoms with E-state index in [-0.39, 0.29) is 0 Å². The number of sulfonamides is 1. The number of hydrogen-bond acceptors (Lipinski definition) is 3. The number of nitrogens with one attached hydrogen (secondary N) is 1. The van der Waals surface area contributed by atoms with Crippen molar-refractivity contribution in [1.29, 1.82) is 0 Å². The number of piperazine rings is 1. The fourth-order valence-electron chi connectivity index (χ4n) is 3.05. The molecule has 130 valence electrons. The van der Waals surface area contributed by atoms with Crippen molar-refractivity contribution >= 4 is 10.0 Å². The van der Waals surface area contributed by atoms with Gasteiger partial charge in [-0.1, -0.05) is 0 Å². The number of methoxy groups -OCH3 is 1. The Morgan fingerprint density at radius 2 is 1.79 bits per heavy atom. The summed E-state index contributed by atoms with van der Waals surface area (Å²) in [6.45, 7) is 3.67. The van der Waals surface area contributed by atoms with Crippen LogP contribution in [0.1, 0.15) is 5.69 Å². The average Bonchev–Trinajstić information content (AvgIpc) is 3.00. The second kappa shape index (κ2) is 6.96. The van der Waals surface area contributed by atoms with E-state index in [1.807, 2.05) is 19.3 Å². The minimum Gasteiger partial charge on any atom is -0.497 e. The predicted octanol–water partition coefficient (Wildman–Crippen LogP) is 0.123. The fourth-order valence-corrected chi connectivity index (χ4v) is 4.49. The number of ether oxygens (including phenoxy) is 1. The van der Waals surface area contributed by atoms with Crippen LogP contribution in [-0.4, -0.2) is 50.6 Å². The standard InChI is InChI=1S/C17H23N3O3S/c1-18-9-3-4-15(18)14-19-10-12-20(13-11-19)24(21,22)17-7-5-16(23-2)6-8-17/h3-9H,10-14H2,1-2H3/p+1. The Balaban J connectivity index is 1.63. The maximum absolute atomic E-state index is 12.7. The van der Waals surface area contributed by atoms with Crippen LogP contribution in [0.15, 0.2) is 47.5 Å². The molecule has 1 aromatic heterocycles. The first-order valence-electron chi connectivity index (χ1n) is 8.08. The van der Waals surface area contributed by atoms with Crippen LogP contribution in [-0.2, 0) is 23.6 Å². The molecule has 0 spiro atoms. The Hall–Kier alpha value is -1.83. The van der Waals surface area contributed by atoms with E-state index in [4.69, 9.17) is 4.74 Å². The second-order valence-electron chi connectivity index (χ2n) is 6.12. The number of nitrogens with zero attached hydrogens (tertiary/aromatic N) is 2. The summed E-state index contributed by atoms with van der Waals surface area (Å²) in [5, 5.41) is 0. The molecule has 1 N–H and O–H groups in total. The largest absolute Gasteiger partial charge is 0.497 e. The average molecular weight is 350 g/mol. The van der Waals surface area contributed by atoms with E-state index in [1.54, 1.807) is 35.7 Å².